The Morgan fingerprint density at radius 2 is 1.79 bits per heavy atom. The number of nitrogens with zero attached hydrogens (tertiary/aromatic N) is 2. The highest BCUT2D eigenvalue weighted by Gasteiger charge is 2.09. The summed E-state index contributed by atoms with van der Waals surface area (Å²) in [6.45, 7) is 5.28. The van der Waals surface area contributed by atoms with Crippen LogP contribution in [0.2, 0.25) is 0 Å². The van der Waals surface area contributed by atoms with Gasteiger partial charge >= 0.3 is 0 Å². The predicted molar refractivity (Wildman–Crippen MR) is 80.2 cm³/mol. The molecule has 0 aliphatic heterocycles. The number of aryl methyl sites for hydroxylation is 1. The first-order chi connectivity index (χ1) is 9.27. The summed E-state index contributed by atoms with van der Waals surface area (Å²) in [5.74, 6) is 1.01. The average molecular weight is 266 g/mol. The second-order valence-electron chi connectivity index (χ2n) is 5.40. The minimum Gasteiger partial charge on any atom is -0.393 e. The number of aliphatic hydroxyl groups is 1. The third-order valence-corrected chi connectivity index (χ3v) is 3.70. The Morgan fingerprint density at radius 1 is 1.11 bits per heavy atom. The lowest BCUT2D eigenvalue weighted by Gasteiger charge is -2.11. The molecule has 0 radical (unpaired) electrons. The molecule has 3 nitrogen and oxygen atoms in total. The summed E-state index contributed by atoms with van der Waals surface area (Å²) in [7, 11) is 0. The highest BCUT2D eigenvalue weighted by Crippen LogP contribution is 2.12. The van der Waals surface area contributed by atoms with Gasteiger partial charge in [-0.1, -0.05) is 51.9 Å². The Hall–Kier alpha value is -0.830. The smallest absolute Gasteiger partial charge is 0.111 e. The first-order valence-electron chi connectivity index (χ1n) is 7.96. The second-order valence-corrected chi connectivity index (χ2v) is 5.40. The third-order valence-electron chi connectivity index (χ3n) is 3.70. The summed E-state index contributed by atoms with van der Waals surface area (Å²) in [4.78, 5) is 4.31. The molecule has 1 N–H and O–H groups in total. The van der Waals surface area contributed by atoms with Crippen molar-refractivity contribution in [1.82, 2.24) is 9.55 Å². The maximum atomic E-state index is 10.0. The fourth-order valence-corrected chi connectivity index (χ4v) is 2.47. The van der Waals surface area contributed by atoms with Gasteiger partial charge in [-0.15, -0.1) is 0 Å². The molecular formula is C16H30N2O. The summed E-state index contributed by atoms with van der Waals surface area (Å²) in [5.41, 5.74) is 0. The Balaban J connectivity index is 2.06. The SMILES string of the molecule is CCCCCCCCCC(O)Cc1nccn1CC. The normalized spacial score (nSPS) is 12.8. The maximum Gasteiger partial charge on any atom is 0.111 e. The molecule has 0 fully saturated rings. The molecule has 3 heteroatoms. The Labute approximate surface area is 118 Å². The molecule has 0 saturated heterocycles. The molecule has 1 aromatic heterocycles. The van der Waals surface area contributed by atoms with Crippen LogP contribution in [0.25, 0.3) is 0 Å². The van der Waals surface area contributed by atoms with Crippen LogP contribution in [0.15, 0.2) is 12.4 Å². The van der Waals surface area contributed by atoms with Gasteiger partial charge in [0.25, 0.3) is 0 Å². The summed E-state index contributed by atoms with van der Waals surface area (Å²) >= 11 is 0. The molecule has 110 valence electrons. The van der Waals surface area contributed by atoms with Crippen LogP contribution in [0.1, 0.15) is 71.0 Å². The topological polar surface area (TPSA) is 38.1 Å². The van der Waals surface area contributed by atoms with Gasteiger partial charge in [0.05, 0.1) is 6.10 Å². The van der Waals surface area contributed by atoms with E-state index in [1.807, 2.05) is 12.4 Å². The molecule has 0 aromatic carbocycles. The average Bonchev–Trinajstić information content (AvgIpc) is 2.85. The fourth-order valence-electron chi connectivity index (χ4n) is 2.47. The van der Waals surface area contributed by atoms with Gasteiger partial charge in [0.2, 0.25) is 0 Å². The molecule has 1 unspecified atom stereocenters. The van der Waals surface area contributed by atoms with E-state index in [0.717, 1.165) is 25.2 Å². The molecule has 0 saturated carbocycles. The number of hydrogen-bond acceptors (Lipinski definition) is 2. The van der Waals surface area contributed by atoms with Gasteiger partial charge in [0, 0.05) is 25.4 Å². The minimum atomic E-state index is -0.233. The maximum absolute atomic E-state index is 10.0. The van der Waals surface area contributed by atoms with Crippen molar-refractivity contribution in [2.45, 2.75) is 84.3 Å². The van der Waals surface area contributed by atoms with E-state index in [-0.39, 0.29) is 6.10 Å². The van der Waals surface area contributed by atoms with E-state index in [9.17, 15) is 5.11 Å². The zero-order valence-corrected chi connectivity index (χ0v) is 12.6. The molecule has 1 heterocycles. The largest absolute Gasteiger partial charge is 0.393 e. The molecule has 0 bridgehead atoms. The highest BCUT2D eigenvalue weighted by molar-refractivity contribution is 4.93. The first-order valence-corrected chi connectivity index (χ1v) is 7.96. The van der Waals surface area contributed by atoms with Crippen LogP contribution in [-0.2, 0) is 13.0 Å². The number of unbranched alkanes of at least 4 members (excludes halogenated alkanes) is 6. The minimum absolute atomic E-state index is 0.233. The molecule has 0 aliphatic carbocycles. The van der Waals surface area contributed by atoms with Gasteiger partial charge < -0.3 is 9.67 Å². The summed E-state index contributed by atoms with van der Waals surface area (Å²) < 4.78 is 2.11. The second kappa shape index (κ2) is 10.0. The monoisotopic (exact) mass is 266 g/mol. The van der Waals surface area contributed by atoms with E-state index in [0.29, 0.717) is 6.42 Å². The quantitative estimate of drug-likeness (QED) is 0.616. The molecule has 1 aromatic rings. The van der Waals surface area contributed by atoms with Crippen molar-refractivity contribution in [3.05, 3.63) is 18.2 Å². The van der Waals surface area contributed by atoms with Crippen LogP contribution < -0.4 is 0 Å². The molecule has 1 rings (SSSR count). The zero-order valence-electron chi connectivity index (χ0n) is 12.6. The Bertz CT molecular complexity index is 322. The van der Waals surface area contributed by atoms with Crippen LogP contribution in [0.3, 0.4) is 0 Å². The lowest BCUT2D eigenvalue weighted by atomic mass is 10.0. The molecule has 0 spiro atoms. The number of imidazole rings is 1. The standard InChI is InChI=1S/C16H30N2O/c1-3-5-6-7-8-9-10-11-15(19)14-16-17-12-13-18(16)4-2/h12-13,15,19H,3-11,14H2,1-2H3. The van der Waals surface area contributed by atoms with Gasteiger partial charge in [0.15, 0.2) is 0 Å². The van der Waals surface area contributed by atoms with Crippen molar-refractivity contribution >= 4 is 0 Å². The van der Waals surface area contributed by atoms with Crippen molar-refractivity contribution in [3.8, 4) is 0 Å². The van der Waals surface area contributed by atoms with Crippen molar-refractivity contribution in [2.75, 3.05) is 0 Å². The molecule has 0 amide bonds. The molecular weight excluding hydrogens is 236 g/mol. The lowest BCUT2D eigenvalue weighted by molar-refractivity contribution is 0.157. The Kier molecular flexibility index (Phi) is 8.55. The van der Waals surface area contributed by atoms with E-state index in [2.05, 4.69) is 23.4 Å². The van der Waals surface area contributed by atoms with Gasteiger partial charge in [0.1, 0.15) is 5.82 Å². The van der Waals surface area contributed by atoms with Crippen LogP contribution in [-0.4, -0.2) is 20.8 Å². The van der Waals surface area contributed by atoms with Crippen LogP contribution in [0.5, 0.6) is 0 Å². The summed E-state index contributed by atoms with van der Waals surface area (Å²) in [5, 5.41) is 10.0. The number of rotatable bonds is 11. The van der Waals surface area contributed by atoms with Gasteiger partial charge in [-0.25, -0.2) is 4.98 Å². The lowest BCUT2D eigenvalue weighted by Crippen LogP contribution is -2.14. The zero-order chi connectivity index (χ0) is 13.9. The van der Waals surface area contributed by atoms with E-state index >= 15 is 0 Å². The fraction of sp³-hybridized carbons (Fsp3) is 0.812. The number of hydrogen-bond donors (Lipinski definition) is 1. The van der Waals surface area contributed by atoms with Gasteiger partial charge in [-0.05, 0) is 13.3 Å². The van der Waals surface area contributed by atoms with Gasteiger partial charge in [-0.3, -0.25) is 0 Å². The van der Waals surface area contributed by atoms with E-state index < -0.39 is 0 Å². The van der Waals surface area contributed by atoms with Crippen molar-refractivity contribution in [1.29, 1.82) is 0 Å². The summed E-state index contributed by atoms with van der Waals surface area (Å²) in [6, 6.07) is 0. The van der Waals surface area contributed by atoms with Crippen LogP contribution in [0, 0.1) is 0 Å². The van der Waals surface area contributed by atoms with Crippen LogP contribution in [0.4, 0.5) is 0 Å². The predicted octanol–water partition coefficient (Wildman–Crippen LogP) is 3.95. The number of aromatic nitrogens is 2. The van der Waals surface area contributed by atoms with Crippen LogP contribution >= 0.6 is 0 Å². The van der Waals surface area contributed by atoms with Crippen molar-refractivity contribution in [2.24, 2.45) is 0 Å². The molecule has 1 atom stereocenters. The number of aliphatic hydroxyl groups excluding tert-OH is 1. The van der Waals surface area contributed by atoms with Crippen molar-refractivity contribution in [3.63, 3.8) is 0 Å². The van der Waals surface area contributed by atoms with E-state index in [1.54, 1.807) is 0 Å². The van der Waals surface area contributed by atoms with E-state index in [4.69, 9.17) is 0 Å². The van der Waals surface area contributed by atoms with Gasteiger partial charge in [-0.2, -0.15) is 0 Å². The summed E-state index contributed by atoms with van der Waals surface area (Å²) in [6.07, 6.45) is 14.3. The molecule has 19 heavy (non-hydrogen) atoms. The first kappa shape index (κ1) is 16.2. The van der Waals surface area contributed by atoms with Crippen molar-refractivity contribution < 1.29 is 5.11 Å². The third kappa shape index (κ3) is 6.76. The Morgan fingerprint density at radius 3 is 2.47 bits per heavy atom. The molecule has 0 aliphatic rings. The van der Waals surface area contributed by atoms with E-state index in [1.165, 1.54) is 38.5 Å². The highest BCUT2D eigenvalue weighted by atomic mass is 16.3.